The molecule has 2 rings (SSSR count). The van der Waals surface area contributed by atoms with Crippen LogP contribution in [0.5, 0.6) is 0 Å². The monoisotopic (exact) mass is 263 g/mol. The Hall–Kier alpha value is -2.11. The number of nitro benzene ring substituents is 1. The van der Waals surface area contributed by atoms with Gasteiger partial charge in [-0.05, 0) is 31.9 Å². The van der Waals surface area contributed by atoms with Gasteiger partial charge in [0, 0.05) is 17.3 Å². The predicted octanol–water partition coefficient (Wildman–Crippen LogP) is 2.24. The average Bonchev–Trinajstić information content (AvgIpc) is 2.75. The third-order valence-corrected chi connectivity index (χ3v) is 3.58. The molecule has 1 saturated carbocycles. The highest BCUT2D eigenvalue weighted by atomic mass is 16.6. The van der Waals surface area contributed by atoms with Crippen LogP contribution in [0.25, 0.3) is 0 Å². The molecule has 0 aromatic heterocycles. The van der Waals surface area contributed by atoms with Crippen LogP contribution in [0.1, 0.15) is 43.0 Å². The van der Waals surface area contributed by atoms with Crippen molar-refractivity contribution < 1.29 is 9.72 Å². The summed E-state index contributed by atoms with van der Waals surface area (Å²) < 4.78 is 0. The fraction of sp³-hybridized carbons (Fsp3) is 0.462. The van der Waals surface area contributed by atoms with E-state index in [2.05, 4.69) is 5.32 Å². The van der Waals surface area contributed by atoms with Crippen LogP contribution in [0.15, 0.2) is 18.2 Å². The standard InChI is InChI=1S/C13H17N3O3/c1-13(6-2-3-7-13)15-12(17)10-8-9(14)4-5-11(10)16(18)19/h4-5,8H,2-3,6-7,14H2,1H3,(H,15,17). The van der Waals surface area contributed by atoms with Gasteiger partial charge in [-0.2, -0.15) is 0 Å². The highest BCUT2D eigenvalue weighted by Gasteiger charge is 2.32. The lowest BCUT2D eigenvalue weighted by Gasteiger charge is -2.25. The summed E-state index contributed by atoms with van der Waals surface area (Å²) in [6.45, 7) is 1.97. The number of rotatable bonds is 3. The van der Waals surface area contributed by atoms with Crippen molar-refractivity contribution in [3.05, 3.63) is 33.9 Å². The Balaban J connectivity index is 2.27. The van der Waals surface area contributed by atoms with Gasteiger partial charge in [-0.25, -0.2) is 0 Å². The number of nitrogens with two attached hydrogens (primary N) is 1. The Morgan fingerprint density at radius 3 is 2.63 bits per heavy atom. The molecule has 1 aliphatic carbocycles. The van der Waals surface area contributed by atoms with Crippen LogP contribution in [-0.4, -0.2) is 16.4 Å². The van der Waals surface area contributed by atoms with Crippen molar-refractivity contribution in [3.8, 4) is 0 Å². The number of anilines is 1. The minimum absolute atomic E-state index is 0.0260. The SMILES string of the molecule is CC1(NC(=O)c2cc(N)ccc2[N+](=O)[O-])CCCC1. The van der Waals surface area contributed by atoms with Crippen LogP contribution in [-0.2, 0) is 0 Å². The van der Waals surface area contributed by atoms with E-state index in [9.17, 15) is 14.9 Å². The molecule has 102 valence electrons. The Labute approximate surface area is 111 Å². The highest BCUT2D eigenvalue weighted by molar-refractivity contribution is 5.99. The Bertz CT molecular complexity index is 522. The van der Waals surface area contributed by atoms with E-state index >= 15 is 0 Å². The molecule has 0 radical (unpaired) electrons. The minimum atomic E-state index is -0.564. The predicted molar refractivity (Wildman–Crippen MR) is 71.8 cm³/mol. The number of carbonyl (C=O) groups excluding carboxylic acids is 1. The van der Waals surface area contributed by atoms with Crippen LogP contribution < -0.4 is 11.1 Å². The lowest BCUT2D eigenvalue weighted by atomic mass is 9.99. The molecule has 3 N–H and O–H groups in total. The molecule has 1 aromatic rings. The van der Waals surface area contributed by atoms with Crippen molar-refractivity contribution in [1.82, 2.24) is 5.32 Å². The van der Waals surface area contributed by atoms with Gasteiger partial charge in [-0.15, -0.1) is 0 Å². The van der Waals surface area contributed by atoms with Crippen molar-refractivity contribution in [2.75, 3.05) is 5.73 Å². The molecule has 0 spiro atoms. The first kappa shape index (κ1) is 13.3. The number of nitro groups is 1. The Morgan fingerprint density at radius 1 is 1.42 bits per heavy atom. The first-order chi connectivity index (χ1) is 8.91. The van der Waals surface area contributed by atoms with E-state index in [0.717, 1.165) is 25.7 Å². The van der Waals surface area contributed by atoms with E-state index in [0.29, 0.717) is 5.69 Å². The molecule has 1 amide bonds. The van der Waals surface area contributed by atoms with Crippen molar-refractivity contribution >= 4 is 17.3 Å². The van der Waals surface area contributed by atoms with Crippen molar-refractivity contribution in [2.45, 2.75) is 38.1 Å². The zero-order valence-electron chi connectivity index (χ0n) is 10.8. The molecule has 0 unspecified atom stereocenters. The van der Waals surface area contributed by atoms with Crippen molar-refractivity contribution in [3.63, 3.8) is 0 Å². The number of nitrogen functional groups attached to an aromatic ring is 1. The number of nitrogens with zero attached hydrogens (tertiary/aromatic N) is 1. The maximum atomic E-state index is 12.2. The van der Waals surface area contributed by atoms with Crippen LogP contribution in [0.3, 0.4) is 0 Å². The summed E-state index contributed by atoms with van der Waals surface area (Å²) in [6.07, 6.45) is 3.93. The maximum Gasteiger partial charge on any atom is 0.282 e. The second-order valence-electron chi connectivity index (χ2n) is 5.26. The van der Waals surface area contributed by atoms with Crippen molar-refractivity contribution in [2.24, 2.45) is 0 Å². The number of amides is 1. The fourth-order valence-corrected chi connectivity index (χ4v) is 2.52. The van der Waals surface area contributed by atoms with Gasteiger partial charge in [0.2, 0.25) is 0 Å². The van der Waals surface area contributed by atoms with Gasteiger partial charge < -0.3 is 11.1 Å². The molecule has 0 aliphatic heterocycles. The lowest BCUT2D eigenvalue weighted by Crippen LogP contribution is -2.43. The quantitative estimate of drug-likeness (QED) is 0.496. The van der Waals surface area contributed by atoms with Gasteiger partial charge >= 0.3 is 0 Å². The molecule has 6 nitrogen and oxygen atoms in total. The minimum Gasteiger partial charge on any atom is -0.399 e. The first-order valence-electron chi connectivity index (χ1n) is 6.28. The number of benzene rings is 1. The van der Waals surface area contributed by atoms with E-state index in [1.54, 1.807) is 0 Å². The molecular weight excluding hydrogens is 246 g/mol. The smallest absolute Gasteiger partial charge is 0.282 e. The summed E-state index contributed by atoms with van der Waals surface area (Å²) in [5.41, 5.74) is 5.49. The summed E-state index contributed by atoms with van der Waals surface area (Å²) in [5, 5.41) is 13.8. The topological polar surface area (TPSA) is 98.3 Å². The number of hydrogen-bond acceptors (Lipinski definition) is 4. The summed E-state index contributed by atoms with van der Waals surface area (Å²) >= 11 is 0. The zero-order valence-corrected chi connectivity index (χ0v) is 10.8. The van der Waals surface area contributed by atoms with Gasteiger partial charge in [0.1, 0.15) is 5.56 Å². The lowest BCUT2D eigenvalue weighted by molar-refractivity contribution is -0.385. The summed E-state index contributed by atoms with van der Waals surface area (Å²) in [4.78, 5) is 22.6. The van der Waals surface area contributed by atoms with Crippen LogP contribution in [0.4, 0.5) is 11.4 Å². The summed E-state index contributed by atoms with van der Waals surface area (Å²) in [5.74, 6) is -0.427. The van der Waals surface area contributed by atoms with E-state index in [1.165, 1.54) is 18.2 Å². The molecule has 0 saturated heterocycles. The van der Waals surface area contributed by atoms with Gasteiger partial charge in [0.05, 0.1) is 4.92 Å². The van der Waals surface area contributed by atoms with E-state index in [-0.39, 0.29) is 16.8 Å². The average molecular weight is 263 g/mol. The molecule has 0 atom stereocenters. The largest absolute Gasteiger partial charge is 0.399 e. The molecule has 1 aliphatic rings. The van der Waals surface area contributed by atoms with Crippen molar-refractivity contribution in [1.29, 1.82) is 0 Å². The van der Waals surface area contributed by atoms with E-state index in [4.69, 9.17) is 5.73 Å². The number of carbonyl (C=O) groups is 1. The fourth-order valence-electron chi connectivity index (χ4n) is 2.52. The second kappa shape index (κ2) is 4.87. The molecule has 6 heteroatoms. The third kappa shape index (κ3) is 2.83. The molecule has 0 heterocycles. The van der Waals surface area contributed by atoms with Crippen LogP contribution in [0, 0.1) is 10.1 Å². The zero-order chi connectivity index (χ0) is 14.0. The molecule has 1 aromatic carbocycles. The maximum absolute atomic E-state index is 12.2. The normalized spacial score (nSPS) is 17.1. The molecular formula is C13H17N3O3. The first-order valence-corrected chi connectivity index (χ1v) is 6.28. The van der Waals surface area contributed by atoms with Crippen LogP contribution in [0.2, 0.25) is 0 Å². The van der Waals surface area contributed by atoms with Gasteiger partial charge in [-0.3, -0.25) is 14.9 Å². The van der Waals surface area contributed by atoms with Gasteiger partial charge in [-0.1, -0.05) is 12.8 Å². The Kier molecular flexibility index (Phi) is 3.42. The number of hydrogen-bond donors (Lipinski definition) is 2. The van der Waals surface area contributed by atoms with Crippen LogP contribution >= 0.6 is 0 Å². The summed E-state index contributed by atoms with van der Waals surface area (Å²) in [7, 11) is 0. The molecule has 19 heavy (non-hydrogen) atoms. The molecule has 0 bridgehead atoms. The van der Waals surface area contributed by atoms with E-state index in [1.807, 2.05) is 6.92 Å². The molecule has 1 fully saturated rings. The van der Waals surface area contributed by atoms with E-state index < -0.39 is 10.8 Å². The number of nitrogens with one attached hydrogen (secondary N) is 1. The second-order valence-corrected chi connectivity index (χ2v) is 5.26. The summed E-state index contributed by atoms with van der Waals surface area (Å²) in [6, 6.07) is 4.04. The Morgan fingerprint density at radius 2 is 2.05 bits per heavy atom. The third-order valence-electron chi connectivity index (χ3n) is 3.58. The van der Waals surface area contributed by atoms with Gasteiger partial charge in [0.25, 0.3) is 11.6 Å². The highest BCUT2D eigenvalue weighted by Crippen LogP contribution is 2.30. The van der Waals surface area contributed by atoms with Gasteiger partial charge in [0.15, 0.2) is 0 Å².